The maximum absolute atomic E-state index is 13.0. The van der Waals surface area contributed by atoms with Crippen molar-refractivity contribution in [2.75, 3.05) is 13.1 Å². The molecular formula is C25H31N3O3S2. The molecule has 0 unspecified atom stereocenters. The Morgan fingerprint density at radius 1 is 1.09 bits per heavy atom. The predicted octanol–water partition coefficient (Wildman–Crippen LogP) is 5.06. The molecule has 8 heteroatoms. The van der Waals surface area contributed by atoms with E-state index in [0.717, 1.165) is 23.1 Å². The smallest absolute Gasteiger partial charge is 0.279 e. The molecule has 0 spiro atoms. The molecule has 33 heavy (non-hydrogen) atoms. The first-order valence-electron chi connectivity index (χ1n) is 11.1. The van der Waals surface area contributed by atoms with E-state index in [4.69, 9.17) is 0 Å². The van der Waals surface area contributed by atoms with E-state index in [2.05, 4.69) is 37.6 Å². The Labute approximate surface area is 200 Å². The molecule has 0 aliphatic rings. The zero-order valence-corrected chi connectivity index (χ0v) is 21.3. The van der Waals surface area contributed by atoms with Crippen LogP contribution >= 0.6 is 11.3 Å². The van der Waals surface area contributed by atoms with Crippen molar-refractivity contribution >= 4 is 37.5 Å². The molecule has 2 aromatic carbocycles. The number of hydrogen-bond acceptors (Lipinski definition) is 4. The first kappa shape index (κ1) is 25.1. The van der Waals surface area contributed by atoms with Crippen LogP contribution in [0, 0.1) is 13.8 Å². The van der Waals surface area contributed by atoms with Gasteiger partial charge in [0.25, 0.3) is 5.91 Å². The summed E-state index contributed by atoms with van der Waals surface area (Å²) in [5.74, 6) is -0.407. The SMILES string of the molecule is C=CCn1c(=NC(=O)c2ccc(S(=O)(=O)N(CCC)CCC)cc2)sc2cc(C)c(C)cc21. The zero-order valence-electron chi connectivity index (χ0n) is 19.7. The van der Waals surface area contributed by atoms with Crippen molar-refractivity contribution in [3.05, 3.63) is 70.5 Å². The van der Waals surface area contributed by atoms with E-state index in [1.807, 2.05) is 18.4 Å². The fraction of sp³-hybridized carbons (Fsp3) is 0.360. The van der Waals surface area contributed by atoms with Crippen LogP contribution in [0.1, 0.15) is 48.2 Å². The van der Waals surface area contributed by atoms with Crippen LogP contribution in [-0.4, -0.2) is 36.3 Å². The minimum Gasteiger partial charge on any atom is -0.312 e. The van der Waals surface area contributed by atoms with Gasteiger partial charge in [0.1, 0.15) is 0 Å². The van der Waals surface area contributed by atoms with Gasteiger partial charge in [-0.25, -0.2) is 8.42 Å². The lowest BCUT2D eigenvalue weighted by Gasteiger charge is -2.21. The number of carbonyl (C=O) groups excluding carboxylic acids is 1. The van der Waals surface area contributed by atoms with Crippen LogP contribution in [0.5, 0.6) is 0 Å². The van der Waals surface area contributed by atoms with E-state index < -0.39 is 15.9 Å². The van der Waals surface area contributed by atoms with Crippen molar-refractivity contribution in [2.45, 2.75) is 52.0 Å². The van der Waals surface area contributed by atoms with Crippen molar-refractivity contribution in [3.8, 4) is 0 Å². The fourth-order valence-electron chi connectivity index (χ4n) is 3.63. The maximum Gasteiger partial charge on any atom is 0.279 e. The molecule has 176 valence electrons. The Kier molecular flexibility index (Phi) is 8.05. The van der Waals surface area contributed by atoms with Gasteiger partial charge in [0, 0.05) is 25.2 Å². The molecule has 0 aliphatic carbocycles. The number of fused-ring (bicyclic) bond motifs is 1. The Bertz CT molecular complexity index is 1330. The van der Waals surface area contributed by atoms with Gasteiger partial charge in [0.05, 0.1) is 15.1 Å². The maximum atomic E-state index is 13.0. The standard InChI is InChI=1S/C25H31N3O3S2/c1-6-13-27(14-7-2)33(30,31)21-11-9-20(10-12-21)24(29)26-25-28(15-8-3)22-16-18(4)19(5)17-23(22)32-25/h8-12,16-17H,3,6-7,13-15H2,1-2,4-5H3. The van der Waals surface area contributed by atoms with E-state index in [0.29, 0.717) is 30.0 Å². The van der Waals surface area contributed by atoms with Crippen LogP contribution < -0.4 is 4.80 Å². The lowest BCUT2D eigenvalue weighted by atomic mass is 10.1. The summed E-state index contributed by atoms with van der Waals surface area (Å²) in [7, 11) is -3.59. The molecule has 1 amide bonds. The summed E-state index contributed by atoms with van der Waals surface area (Å²) in [5, 5.41) is 0. The molecule has 0 aliphatic heterocycles. The number of rotatable bonds is 9. The number of allylic oxidation sites excluding steroid dienone is 1. The number of carbonyl (C=O) groups is 1. The van der Waals surface area contributed by atoms with Crippen LogP contribution in [0.2, 0.25) is 0 Å². The van der Waals surface area contributed by atoms with Crippen molar-refractivity contribution in [1.29, 1.82) is 0 Å². The van der Waals surface area contributed by atoms with Gasteiger partial charge in [0.15, 0.2) is 4.80 Å². The Hall–Kier alpha value is -2.55. The largest absolute Gasteiger partial charge is 0.312 e. The molecule has 3 rings (SSSR count). The molecule has 0 saturated heterocycles. The number of thiazole rings is 1. The second-order valence-corrected chi connectivity index (χ2v) is 11.0. The van der Waals surface area contributed by atoms with Gasteiger partial charge in [-0.2, -0.15) is 9.30 Å². The highest BCUT2D eigenvalue weighted by Crippen LogP contribution is 2.22. The molecule has 3 aromatic rings. The number of sulfonamides is 1. The molecule has 1 aromatic heterocycles. The molecule has 0 saturated carbocycles. The number of nitrogens with zero attached hydrogens (tertiary/aromatic N) is 3. The summed E-state index contributed by atoms with van der Waals surface area (Å²) in [4.78, 5) is 18.1. The third-order valence-corrected chi connectivity index (χ3v) is 8.45. The van der Waals surface area contributed by atoms with Gasteiger partial charge >= 0.3 is 0 Å². The van der Waals surface area contributed by atoms with Gasteiger partial charge in [-0.15, -0.1) is 6.58 Å². The first-order chi connectivity index (χ1) is 15.7. The van der Waals surface area contributed by atoms with Gasteiger partial charge < -0.3 is 4.57 Å². The fourth-order valence-corrected chi connectivity index (χ4v) is 6.38. The lowest BCUT2D eigenvalue weighted by molar-refractivity contribution is 0.0997. The molecule has 0 fully saturated rings. The quantitative estimate of drug-likeness (QED) is 0.398. The number of hydrogen-bond donors (Lipinski definition) is 0. The van der Waals surface area contributed by atoms with E-state index in [1.165, 1.54) is 51.0 Å². The van der Waals surface area contributed by atoms with Crippen molar-refractivity contribution in [2.24, 2.45) is 4.99 Å². The summed E-state index contributed by atoms with van der Waals surface area (Å²) in [6.45, 7) is 13.3. The van der Waals surface area contributed by atoms with Crippen LogP contribution in [0.4, 0.5) is 0 Å². The first-order valence-corrected chi connectivity index (χ1v) is 13.4. The van der Waals surface area contributed by atoms with E-state index in [-0.39, 0.29) is 4.90 Å². The van der Waals surface area contributed by atoms with Crippen LogP contribution in [0.25, 0.3) is 10.2 Å². The average molecular weight is 486 g/mol. The highest BCUT2D eigenvalue weighted by molar-refractivity contribution is 7.89. The third-order valence-electron chi connectivity index (χ3n) is 5.49. The summed E-state index contributed by atoms with van der Waals surface area (Å²) in [5.41, 5.74) is 3.72. The minimum absolute atomic E-state index is 0.190. The highest BCUT2D eigenvalue weighted by Gasteiger charge is 2.23. The molecule has 0 bridgehead atoms. The second-order valence-electron chi connectivity index (χ2n) is 8.03. The summed E-state index contributed by atoms with van der Waals surface area (Å²) >= 11 is 1.46. The molecule has 0 radical (unpaired) electrons. The van der Waals surface area contributed by atoms with Crippen LogP contribution in [0.15, 0.2) is 58.9 Å². The zero-order chi connectivity index (χ0) is 24.2. The van der Waals surface area contributed by atoms with Crippen molar-refractivity contribution in [1.82, 2.24) is 8.87 Å². The predicted molar refractivity (Wildman–Crippen MR) is 135 cm³/mol. The Balaban J connectivity index is 1.97. The average Bonchev–Trinajstić information content (AvgIpc) is 3.10. The van der Waals surface area contributed by atoms with Crippen LogP contribution in [0.3, 0.4) is 0 Å². The number of aryl methyl sites for hydroxylation is 2. The van der Waals surface area contributed by atoms with Gasteiger partial charge in [-0.05, 0) is 74.2 Å². The molecule has 1 heterocycles. The molecule has 0 N–H and O–H groups in total. The van der Waals surface area contributed by atoms with Crippen molar-refractivity contribution < 1.29 is 13.2 Å². The van der Waals surface area contributed by atoms with E-state index >= 15 is 0 Å². The Morgan fingerprint density at radius 3 is 2.27 bits per heavy atom. The lowest BCUT2D eigenvalue weighted by Crippen LogP contribution is -2.32. The molecule has 6 nitrogen and oxygen atoms in total. The topological polar surface area (TPSA) is 71.7 Å². The third kappa shape index (κ3) is 5.34. The van der Waals surface area contributed by atoms with Gasteiger partial charge in [0.2, 0.25) is 10.0 Å². The Morgan fingerprint density at radius 2 is 1.70 bits per heavy atom. The number of amides is 1. The molecule has 0 atom stereocenters. The summed E-state index contributed by atoms with van der Waals surface area (Å²) < 4.78 is 30.4. The number of benzene rings is 2. The van der Waals surface area contributed by atoms with E-state index in [9.17, 15) is 13.2 Å². The summed E-state index contributed by atoms with van der Waals surface area (Å²) in [6.07, 6.45) is 3.27. The van der Waals surface area contributed by atoms with Gasteiger partial charge in [-0.1, -0.05) is 31.3 Å². The second kappa shape index (κ2) is 10.6. The van der Waals surface area contributed by atoms with E-state index in [1.54, 1.807) is 6.08 Å². The van der Waals surface area contributed by atoms with Crippen LogP contribution in [-0.2, 0) is 16.6 Å². The van der Waals surface area contributed by atoms with Gasteiger partial charge in [-0.3, -0.25) is 4.79 Å². The van der Waals surface area contributed by atoms with Crippen molar-refractivity contribution in [3.63, 3.8) is 0 Å². The molecular weight excluding hydrogens is 454 g/mol. The highest BCUT2D eigenvalue weighted by atomic mass is 32.2. The minimum atomic E-state index is -3.59. The number of aromatic nitrogens is 1. The monoisotopic (exact) mass is 485 g/mol. The summed E-state index contributed by atoms with van der Waals surface area (Å²) in [6, 6.07) is 10.3. The normalized spacial score (nSPS) is 12.6.